The largest absolute Gasteiger partial charge is 0.447 e. The molecule has 1 N–H and O–H groups in total. The highest BCUT2D eigenvalue weighted by Gasteiger charge is 2.26. The number of nitrogens with one attached hydrogen (secondary N) is 1. The van der Waals surface area contributed by atoms with Gasteiger partial charge < -0.3 is 14.6 Å². The average Bonchev–Trinajstić information content (AvgIpc) is 3.07. The Morgan fingerprint density at radius 3 is 2.46 bits per heavy atom. The van der Waals surface area contributed by atoms with Crippen molar-refractivity contribution in [3.8, 4) is 0 Å². The second kappa shape index (κ2) is 7.87. The number of hydrogen-bond donors (Lipinski definition) is 1. The quantitative estimate of drug-likeness (QED) is 0.693. The zero-order chi connectivity index (χ0) is 18.5. The van der Waals surface area contributed by atoms with Crippen molar-refractivity contribution in [3.63, 3.8) is 0 Å². The number of likely N-dealkylation sites (N-methyl/N-ethyl adjacent to an activating group) is 1. The molecule has 134 valence electrons. The van der Waals surface area contributed by atoms with Gasteiger partial charge in [-0.1, -0.05) is 48.5 Å². The summed E-state index contributed by atoms with van der Waals surface area (Å²) in [5, 5.41) is 1.10. The summed E-state index contributed by atoms with van der Waals surface area (Å²) in [5.41, 5.74) is 2.78. The molecule has 1 amide bonds. The molecule has 1 atom stereocenters. The lowest BCUT2D eigenvalue weighted by Crippen LogP contribution is -2.31. The summed E-state index contributed by atoms with van der Waals surface area (Å²) < 4.78 is 5.53. The summed E-state index contributed by atoms with van der Waals surface area (Å²) in [6.07, 6.45) is 1.77. The van der Waals surface area contributed by atoms with Gasteiger partial charge in [-0.25, -0.2) is 0 Å². The van der Waals surface area contributed by atoms with Crippen molar-refractivity contribution >= 4 is 22.8 Å². The third-order valence-electron chi connectivity index (χ3n) is 4.29. The van der Waals surface area contributed by atoms with E-state index in [-0.39, 0.29) is 18.3 Å². The number of carbonyl (C=O) groups is 2. The number of aromatic amines is 1. The van der Waals surface area contributed by atoms with Crippen LogP contribution in [0.15, 0.2) is 60.8 Å². The highest BCUT2D eigenvalue weighted by Crippen LogP contribution is 2.22. The van der Waals surface area contributed by atoms with Crippen LogP contribution in [0.5, 0.6) is 0 Å². The summed E-state index contributed by atoms with van der Waals surface area (Å²) >= 11 is 0. The molecule has 5 nitrogen and oxygen atoms in total. The van der Waals surface area contributed by atoms with E-state index in [1.165, 1.54) is 4.90 Å². The van der Waals surface area contributed by atoms with E-state index in [1.54, 1.807) is 26.2 Å². The van der Waals surface area contributed by atoms with Crippen LogP contribution in [0.4, 0.5) is 0 Å². The zero-order valence-electron chi connectivity index (χ0n) is 14.9. The van der Waals surface area contributed by atoms with E-state index in [0.29, 0.717) is 12.0 Å². The number of aromatic nitrogens is 1. The maximum Gasteiger partial charge on any atom is 0.307 e. The number of amides is 1. The number of hydrogen-bond acceptors (Lipinski definition) is 3. The second-order valence-corrected chi connectivity index (χ2v) is 6.37. The summed E-state index contributed by atoms with van der Waals surface area (Å²) in [4.78, 5) is 29.4. The maximum absolute atomic E-state index is 12.4. The fourth-order valence-electron chi connectivity index (χ4n) is 2.89. The minimum atomic E-state index is -0.915. The van der Waals surface area contributed by atoms with Crippen molar-refractivity contribution in [3.05, 3.63) is 71.9 Å². The van der Waals surface area contributed by atoms with Crippen LogP contribution in [0.3, 0.4) is 0 Å². The van der Waals surface area contributed by atoms with Crippen molar-refractivity contribution < 1.29 is 14.3 Å². The first kappa shape index (κ1) is 17.7. The molecule has 0 spiro atoms. The summed E-state index contributed by atoms with van der Waals surface area (Å²) in [6, 6.07) is 17.0. The molecule has 0 fully saturated rings. The number of esters is 1. The zero-order valence-corrected chi connectivity index (χ0v) is 14.9. The minimum Gasteiger partial charge on any atom is -0.447 e. The number of ether oxygens (including phenoxy) is 1. The van der Waals surface area contributed by atoms with Gasteiger partial charge >= 0.3 is 5.97 Å². The lowest BCUT2D eigenvalue weighted by molar-refractivity contribution is -0.159. The molecule has 1 heterocycles. The Morgan fingerprint density at radius 2 is 1.73 bits per heavy atom. The van der Waals surface area contributed by atoms with Crippen LogP contribution in [0, 0.1) is 0 Å². The van der Waals surface area contributed by atoms with Crippen molar-refractivity contribution in [2.75, 3.05) is 14.1 Å². The van der Waals surface area contributed by atoms with Crippen LogP contribution in [-0.2, 0) is 20.7 Å². The van der Waals surface area contributed by atoms with Crippen LogP contribution >= 0.6 is 0 Å². The number of para-hydroxylation sites is 1. The molecule has 5 heteroatoms. The standard InChI is InChI=1S/C21H22N2O3/c1-23(2)21(25)20(15-8-4-3-5-9-15)26-19(24)13-12-16-14-22-18-11-7-6-10-17(16)18/h3-11,14,20,22H,12-13H2,1-2H3/t20-/m1/s1. The molecule has 0 saturated carbocycles. The molecule has 0 saturated heterocycles. The number of nitrogens with zero attached hydrogens (tertiary/aromatic N) is 1. The van der Waals surface area contributed by atoms with Gasteiger partial charge in [0.05, 0.1) is 0 Å². The third-order valence-corrected chi connectivity index (χ3v) is 4.29. The van der Waals surface area contributed by atoms with Gasteiger partial charge in [-0.05, 0) is 18.1 Å². The van der Waals surface area contributed by atoms with Gasteiger partial charge in [0, 0.05) is 43.2 Å². The Morgan fingerprint density at radius 1 is 1.04 bits per heavy atom. The van der Waals surface area contributed by atoms with Crippen LogP contribution < -0.4 is 0 Å². The lowest BCUT2D eigenvalue weighted by atomic mass is 10.1. The normalized spacial score (nSPS) is 11.9. The highest BCUT2D eigenvalue weighted by atomic mass is 16.5. The molecule has 0 aliphatic rings. The highest BCUT2D eigenvalue weighted by molar-refractivity contribution is 5.86. The third kappa shape index (κ3) is 3.94. The van der Waals surface area contributed by atoms with E-state index in [1.807, 2.05) is 48.7 Å². The predicted molar refractivity (Wildman–Crippen MR) is 101 cm³/mol. The van der Waals surface area contributed by atoms with E-state index in [0.717, 1.165) is 16.5 Å². The molecular formula is C21H22N2O3. The maximum atomic E-state index is 12.4. The predicted octanol–water partition coefficient (Wildman–Crippen LogP) is 3.47. The van der Waals surface area contributed by atoms with Gasteiger partial charge in [0.15, 0.2) is 0 Å². The first-order chi connectivity index (χ1) is 12.6. The average molecular weight is 350 g/mol. The first-order valence-electron chi connectivity index (χ1n) is 8.57. The van der Waals surface area contributed by atoms with Crippen LogP contribution in [0.2, 0.25) is 0 Å². The van der Waals surface area contributed by atoms with Crippen molar-refractivity contribution in [2.24, 2.45) is 0 Å². The molecule has 0 unspecified atom stereocenters. The molecule has 3 aromatic rings. The van der Waals surface area contributed by atoms with Crippen LogP contribution in [0.1, 0.15) is 23.7 Å². The topological polar surface area (TPSA) is 62.4 Å². The molecule has 0 aliphatic carbocycles. The van der Waals surface area contributed by atoms with Gasteiger partial charge in [-0.2, -0.15) is 0 Å². The van der Waals surface area contributed by atoms with E-state index >= 15 is 0 Å². The smallest absolute Gasteiger partial charge is 0.307 e. The van der Waals surface area contributed by atoms with Gasteiger partial charge in [0.2, 0.25) is 6.10 Å². The Balaban J connectivity index is 1.69. The number of rotatable bonds is 6. The lowest BCUT2D eigenvalue weighted by Gasteiger charge is -2.21. The number of carbonyl (C=O) groups excluding carboxylic acids is 2. The minimum absolute atomic E-state index is 0.214. The van der Waals surface area contributed by atoms with E-state index < -0.39 is 6.10 Å². The summed E-state index contributed by atoms with van der Waals surface area (Å²) in [6.45, 7) is 0. The van der Waals surface area contributed by atoms with Crippen LogP contribution in [0.25, 0.3) is 10.9 Å². The van der Waals surface area contributed by atoms with Gasteiger partial charge in [-0.3, -0.25) is 9.59 Å². The molecule has 0 radical (unpaired) electrons. The molecule has 26 heavy (non-hydrogen) atoms. The molecule has 3 rings (SSSR count). The fourth-order valence-corrected chi connectivity index (χ4v) is 2.89. The summed E-state index contributed by atoms with van der Waals surface area (Å²) in [7, 11) is 3.30. The molecule has 0 bridgehead atoms. The Bertz CT molecular complexity index is 900. The van der Waals surface area contributed by atoms with E-state index in [4.69, 9.17) is 4.74 Å². The molecule has 2 aromatic carbocycles. The molecule has 1 aromatic heterocycles. The van der Waals surface area contributed by atoms with Gasteiger partial charge in [0.1, 0.15) is 0 Å². The SMILES string of the molecule is CN(C)C(=O)[C@H](OC(=O)CCc1c[nH]c2ccccc12)c1ccccc1. The Hall–Kier alpha value is -3.08. The van der Waals surface area contributed by atoms with Crippen molar-refractivity contribution in [2.45, 2.75) is 18.9 Å². The first-order valence-corrected chi connectivity index (χ1v) is 8.57. The number of aryl methyl sites for hydroxylation is 1. The van der Waals surface area contributed by atoms with Crippen molar-refractivity contribution in [1.82, 2.24) is 9.88 Å². The Labute approximate surface area is 152 Å². The van der Waals surface area contributed by atoms with Gasteiger partial charge in [0.25, 0.3) is 5.91 Å². The van der Waals surface area contributed by atoms with E-state index in [9.17, 15) is 9.59 Å². The summed E-state index contributed by atoms with van der Waals surface area (Å²) in [5.74, 6) is -0.643. The van der Waals surface area contributed by atoms with Gasteiger partial charge in [-0.15, -0.1) is 0 Å². The monoisotopic (exact) mass is 350 g/mol. The second-order valence-electron chi connectivity index (χ2n) is 6.37. The van der Waals surface area contributed by atoms with Crippen molar-refractivity contribution in [1.29, 1.82) is 0 Å². The number of H-pyrrole nitrogens is 1. The number of fused-ring (bicyclic) bond motifs is 1. The number of benzene rings is 2. The fraction of sp³-hybridized carbons (Fsp3) is 0.238. The van der Waals surface area contributed by atoms with E-state index in [2.05, 4.69) is 4.98 Å². The molecular weight excluding hydrogens is 328 g/mol. The Kier molecular flexibility index (Phi) is 5.37. The van der Waals surface area contributed by atoms with Crippen LogP contribution in [-0.4, -0.2) is 35.9 Å². The molecule has 0 aliphatic heterocycles.